The zero-order valence-electron chi connectivity index (χ0n) is 35.9. The predicted molar refractivity (Wildman–Crippen MR) is 230 cm³/mol. The molecule has 0 aliphatic carbocycles. The maximum Gasteiger partial charge on any atom is 0.418 e. The summed E-state index contributed by atoms with van der Waals surface area (Å²) in [5.41, 5.74) is 5.76. The highest BCUT2D eigenvalue weighted by atomic mass is 35.5. The number of rotatable bonds is 12. The summed E-state index contributed by atoms with van der Waals surface area (Å²) in [6, 6.07) is 9.38. The molecule has 4 fully saturated rings. The van der Waals surface area contributed by atoms with Crippen molar-refractivity contribution < 1.29 is 51.4 Å². The first-order valence-corrected chi connectivity index (χ1v) is 22.8. The summed E-state index contributed by atoms with van der Waals surface area (Å²) < 4.78 is 53.0. The van der Waals surface area contributed by atoms with Gasteiger partial charge in [-0.05, 0) is 92.5 Å². The molecule has 19 heteroatoms. The number of piperidine rings is 3. The number of nitrogens with one attached hydrogen (secondary N) is 1. The Hall–Kier alpha value is -5.26. The van der Waals surface area contributed by atoms with Crippen LogP contribution in [0.4, 0.5) is 34.1 Å². The summed E-state index contributed by atoms with van der Waals surface area (Å²) in [6.07, 6.45) is -1.57. The van der Waals surface area contributed by atoms with E-state index in [4.69, 9.17) is 26.8 Å². The van der Waals surface area contributed by atoms with Crippen LogP contribution in [0.1, 0.15) is 80.9 Å². The van der Waals surface area contributed by atoms with Crippen molar-refractivity contribution in [3.05, 3.63) is 58.1 Å². The van der Waals surface area contributed by atoms with Crippen molar-refractivity contribution in [2.24, 2.45) is 11.8 Å². The van der Waals surface area contributed by atoms with E-state index in [-0.39, 0.29) is 79.4 Å². The van der Waals surface area contributed by atoms with E-state index in [2.05, 4.69) is 5.32 Å². The molecule has 348 valence electrons. The normalized spacial score (nSPS) is 19.8. The molecule has 0 radical (unpaired) electrons. The molecular formula is C45H57ClF3N7O8. The van der Waals surface area contributed by atoms with Gasteiger partial charge in [0.15, 0.2) is 6.10 Å². The highest BCUT2D eigenvalue weighted by molar-refractivity contribution is 6.33. The standard InChI is InChI=1S/C45H57ClF3N7O8/c46-35-27-29(26-34(41(35)50)45(47,48)49)28-37(64-44(62)55-21-14-33(15-22-55)56-23-13-32-4-1-2-5-36(32)51-43(56)61)42(60)54-19-11-31(12-20-54)30-9-17-53(18-10-30)39(58)7-8-40(59)63-25-24-52-16-3-6-38(52)57/h1-2,4-5,26-27,30-31,33,37H,3,6-25,28,50H2,(H,51,61)/t37-/m1/s1. The van der Waals surface area contributed by atoms with Crippen molar-refractivity contribution in [1.29, 1.82) is 0 Å². The molecule has 7 rings (SSSR count). The molecule has 6 amide bonds. The number of carbonyl (C=O) groups is 6. The van der Waals surface area contributed by atoms with Crippen LogP contribution in [-0.4, -0.2) is 138 Å². The molecule has 4 saturated heterocycles. The minimum atomic E-state index is -4.81. The van der Waals surface area contributed by atoms with Gasteiger partial charge in [0.25, 0.3) is 5.91 Å². The fourth-order valence-corrected chi connectivity index (χ4v) is 10.0. The SMILES string of the molecule is Nc1c(Cl)cc(C[C@@H](OC(=O)N2CCC(N3CCc4ccccc4NC3=O)CC2)C(=O)N2CCC(C3CCN(C(=O)CCC(=O)OCCN4CCCC4=O)CC3)CC2)cc1C(F)(F)F. The lowest BCUT2D eigenvalue weighted by Crippen LogP contribution is -2.52. The number of carbonyl (C=O) groups excluding carboxylic acids is 6. The smallest absolute Gasteiger partial charge is 0.418 e. The number of hydrogen-bond donors (Lipinski definition) is 2. The summed E-state index contributed by atoms with van der Waals surface area (Å²) in [7, 11) is 0. The molecule has 3 N–H and O–H groups in total. The van der Waals surface area contributed by atoms with Crippen LogP contribution >= 0.6 is 11.6 Å². The van der Waals surface area contributed by atoms with E-state index < -0.39 is 41.5 Å². The second-order valence-electron chi connectivity index (χ2n) is 17.4. The van der Waals surface area contributed by atoms with Crippen molar-refractivity contribution in [2.45, 2.75) is 95.4 Å². The topological polar surface area (TPSA) is 175 Å². The van der Waals surface area contributed by atoms with Crippen LogP contribution in [-0.2, 0) is 47.7 Å². The highest BCUT2D eigenvalue weighted by Crippen LogP contribution is 2.39. The average Bonchev–Trinajstić information content (AvgIpc) is 3.61. The van der Waals surface area contributed by atoms with Crippen molar-refractivity contribution in [3.63, 3.8) is 0 Å². The Morgan fingerprint density at radius 2 is 1.48 bits per heavy atom. The van der Waals surface area contributed by atoms with Gasteiger partial charge in [0.2, 0.25) is 11.8 Å². The van der Waals surface area contributed by atoms with E-state index in [9.17, 15) is 41.9 Å². The number of anilines is 2. The average molecular weight is 916 g/mol. The molecule has 2 aromatic carbocycles. The number of benzene rings is 2. The minimum absolute atomic E-state index is 0.0301. The van der Waals surface area contributed by atoms with Gasteiger partial charge in [-0.2, -0.15) is 13.2 Å². The second kappa shape index (κ2) is 20.7. The molecule has 5 aliphatic rings. The molecule has 0 saturated carbocycles. The van der Waals surface area contributed by atoms with Gasteiger partial charge in [-0.25, -0.2) is 9.59 Å². The van der Waals surface area contributed by atoms with E-state index in [1.807, 2.05) is 24.3 Å². The van der Waals surface area contributed by atoms with E-state index >= 15 is 0 Å². The van der Waals surface area contributed by atoms with Gasteiger partial charge in [0.05, 0.1) is 29.2 Å². The maximum absolute atomic E-state index is 14.2. The number of alkyl halides is 3. The number of halogens is 4. The first-order valence-electron chi connectivity index (χ1n) is 22.4. The quantitative estimate of drug-likeness (QED) is 0.192. The van der Waals surface area contributed by atoms with E-state index in [1.54, 1.807) is 19.6 Å². The zero-order chi connectivity index (χ0) is 45.5. The van der Waals surface area contributed by atoms with Gasteiger partial charge in [-0.15, -0.1) is 0 Å². The Morgan fingerprint density at radius 1 is 0.828 bits per heavy atom. The summed E-state index contributed by atoms with van der Waals surface area (Å²) >= 11 is 6.15. The number of urea groups is 1. The predicted octanol–water partition coefficient (Wildman–Crippen LogP) is 5.97. The van der Waals surface area contributed by atoms with Crippen molar-refractivity contribution >= 4 is 58.8 Å². The number of nitrogens with two attached hydrogens (primary N) is 1. The van der Waals surface area contributed by atoms with Gasteiger partial charge >= 0.3 is 24.3 Å². The van der Waals surface area contributed by atoms with Crippen LogP contribution in [0.15, 0.2) is 36.4 Å². The van der Waals surface area contributed by atoms with Crippen molar-refractivity contribution in [2.75, 3.05) is 76.6 Å². The van der Waals surface area contributed by atoms with Crippen LogP contribution in [0.3, 0.4) is 0 Å². The first kappa shape index (κ1) is 46.7. The highest BCUT2D eigenvalue weighted by Gasteiger charge is 2.39. The first-order chi connectivity index (χ1) is 30.6. The molecule has 15 nitrogen and oxygen atoms in total. The maximum atomic E-state index is 14.2. The molecule has 0 unspecified atom stereocenters. The number of esters is 1. The van der Waals surface area contributed by atoms with Gasteiger partial charge in [-0.1, -0.05) is 29.8 Å². The second-order valence-corrected chi connectivity index (χ2v) is 17.9. The molecular weight excluding hydrogens is 859 g/mol. The lowest BCUT2D eigenvalue weighted by Gasteiger charge is -2.41. The number of likely N-dealkylation sites (tertiary alicyclic amines) is 4. The molecule has 5 heterocycles. The number of para-hydroxylation sites is 1. The van der Waals surface area contributed by atoms with Crippen LogP contribution in [0.5, 0.6) is 0 Å². The number of nitrogen functional groups attached to an aromatic ring is 1. The lowest BCUT2D eigenvalue weighted by molar-refractivity contribution is -0.147. The Labute approximate surface area is 375 Å². The van der Waals surface area contributed by atoms with E-state index in [1.165, 1.54) is 11.0 Å². The number of fused-ring (bicyclic) bond motifs is 1. The fraction of sp³-hybridized carbons (Fsp3) is 0.600. The minimum Gasteiger partial charge on any atom is -0.464 e. The molecule has 2 aromatic rings. The van der Waals surface area contributed by atoms with Crippen LogP contribution in [0.25, 0.3) is 0 Å². The van der Waals surface area contributed by atoms with Crippen LogP contribution in [0.2, 0.25) is 5.02 Å². The Kier molecular flexibility index (Phi) is 15.1. The number of ether oxygens (including phenoxy) is 2. The van der Waals surface area contributed by atoms with Crippen LogP contribution in [0, 0.1) is 11.8 Å². The molecule has 0 spiro atoms. The number of nitrogens with zero attached hydrogens (tertiary/aromatic N) is 5. The van der Waals surface area contributed by atoms with Gasteiger partial charge in [0, 0.05) is 83.3 Å². The van der Waals surface area contributed by atoms with Gasteiger partial charge in [0.1, 0.15) is 6.61 Å². The Morgan fingerprint density at radius 3 is 2.14 bits per heavy atom. The third kappa shape index (κ3) is 11.5. The van der Waals surface area contributed by atoms with Crippen LogP contribution < -0.4 is 11.1 Å². The molecule has 64 heavy (non-hydrogen) atoms. The van der Waals surface area contributed by atoms with Gasteiger partial charge < -0.3 is 45.0 Å². The summed E-state index contributed by atoms with van der Waals surface area (Å²) in [6.45, 7) is 3.95. The largest absolute Gasteiger partial charge is 0.464 e. The molecule has 0 aromatic heterocycles. The Balaban J connectivity index is 0.910. The van der Waals surface area contributed by atoms with E-state index in [0.29, 0.717) is 90.3 Å². The summed E-state index contributed by atoms with van der Waals surface area (Å²) in [4.78, 5) is 86.3. The van der Waals surface area contributed by atoms with Crippen molar-refractivity contribution in [1.82, 2.24) is 24.5 Å². The summed E-state index contributed by atoms with van der Waals surface area (Å²) in [5.74, 6) is -0.466. The third-order valence-corrected chi connectivity index (χ3v) is 13.8. The zero-order valence-corrected chi connectivity index (χ0v) is 36.7. The molecule has 1 atom stereocenters. The monoisotopic (exact) mass is 915 g/mol. The number of hydrogen-bond acceptors (Lipinski definition) is 9. The molecule has 0 bridgehead atoms. The van der Waals surface area contributed by atoms with Crippen molar-refractivity contribution in [3.8, 4) is 0 Å². The number of amides is 6. The van der Waals surface area contributed by atoms with Gasteiger partial charge in [-0.3, -0.25) is 19.2 Å². The lowest BCUT2D eigenvalue weighted by atomic mass is 9.78. The molecule has 5 aliphatic heterocycles. The summed E-state index contributed by atoms with van der Waals surface area (Å²) in [5, 5.41) is 2.65. The fourth-order valence-electron chi connectivity index (χ4n) is 9.78. The third-order valence-electron chi connectivity index (χ3n) is 13.5. The van der Waals surface area contributed by atoms with E-state index in [0.717, 1.165) is 36.6 Å². The Bertz CT molecular complexity index is 2050.